The molecule has 0 amide bonds. The van der Waals surface area contributed by atoms with E-state index in [0.29, 0.717) is 0 Å². The van der Waals surface area contributed by atoms with Gasteiger partial charge in [0.25, 0.3) is 0 Å². The van der Waals surface area contributed by atoms with Gasteiger partial charge in [0.15, 0.2) is 5.65 Å². The number of imidazole rings is 1. The van der Waals surface area contributed by atoms with Gasteiger partial charge in [-0.1, -0.05) is 0 Å². The van der Waals surface area contributed by atoms with Gasteiger partial charge in [0.2, 0.25) is 0 Å². The molecule has 0 spiro atoms. The van der Waals surface area contributed by atoms with E-state index in [1.807, 2.05) is 11.5 Å². The van der Waals surface area contributed by atoms with Gasteiger partial charge in [-0.2, -0.15) is 0 Å². The number of aliphatic hydroxyl groups is 1. The lowest BCUT2D eigenvalue weighted by Crippen LogP contribution is -2.02. The van der Waals surface area contributed by atoms with Crippen LogP contribution >= 0.6 is 0 Å². The Morgan fingerprint density at radius 3 is 3.06 bits per heavy atom. The summed E-state index contributed by atoms with van der Waals surface area (Å²) in [4.78, 5) is 12.3. The number of fused-ring (bicyclic) bond motifs is 1. The molecule has 5 nitrogen and oxygen atoms in total. The summed E-state index contributed by atoms with van der Waals surface area (Å²) in [5.74, 6) is 0. The highest BCUT2D eigenvalue weighted by atomic mass is 16.3. The molecule has 0 fully saturated rings. The van der Waals surface area contributed by atoms with Gasteiger partial charge in [0.1, 0.15) is 11.8 Å². The Morgan fingerprint density at radius 2 is 2.25 bits per heavy atom. The maximum atomic E-state index is 9.14. The molecular weight excluding hydrogens is 204 g/mol. The first-order valence-electron chi connectivity index (χ1n) is 5.56. The first-order valence-corrected chi connectivity index (χ1v) is 5.56. The summed E-state index contributed by atoms with van der Waals surface area (Å²) >= 11 is 0. The minimum atomic E-state index is -0.207. The Labute approximate surface area is 94.2 Å². The Hall–Kier alpha value is -1.49. The number of unbranched alkanes of at least 4 members (excludes halogenated alkanes) is 1. The predicted octanol–water partition coefficient (Wildman–Crippen LogP) is 1.38. The van der Waals surface area contributed by atoms with Crippen LogP contribution in [-0.2, 0) is 6.54 Å². The van der Waals surface area contributed by atoms with E-state index in [1.165, 1.54) is 6.33 Å². The Kier molecular flexibility index (Phi) is 3.46. The van der Waals surface area contributed by atoms with Crippen molar-refractivity contribution < 1.29 is 5.11 Å². The number of aryl methyl sites for hydroxylation is 1. The van der Waals surface area contributed by atoms with Crippen LogP contribution in [0.25, 0.3) is 11.2 Å². The van der Waals surface area contributed by atoms with Gasteiger partial charge in [0, 0.05) is 6.54 Å². The number of nitrogens with zero attached hydrogens (tertiary/aromatic N) is 4. The molecule has 0 saturated heterocycles. The van der Waals surface area contributed by atoms with E-state index in [-0.39, 0.29) is 6.10 Å². The second-order valence-electron chi connectivity index (χ2n) is 4.01. The van der Waals surface area contributed by atoms with Crippen LogP contribution in [0.2, 0.25) is 0 Å². The number of hydrogen-bond donors (Lipinski definition) is 1. The Morgan fingerprint density at radius 1 is 1.38 bits per heavy atom. The number of aliphatic hydroxyl groups excluding tert-OH is 1. The smallest absolute Gasteiger partial charge is 0.163 e. The summed E-state index contributed by atoms with van der Waals surface area (Å²) in [6.07, 6.45) is 7.73. The van der Waals surface area contributed by atoms with Crippen LogP contribution in [0.3, 0.4) is 0 Å². The monoisotopic (exact) mass is 220 g/mol. The summed E-state index contributed by atoms with van der Waals surface area (Å²) in [6, 6.07) is 0. The van der Waals surface area contributed by atoms with Crippen molar-refractivity contribution in [2.45, 2.75) is 38.8 Å². The van der Waals surface area contributed by atoms with Crippen LogP contribution in [0.4, 0.5) is 0 Å². The maximum Gasteiger partial charge on any atom is 0.163 e. The third-order valence-corrected chi connectivity index (χ3v) is 2.55. The quantitative estimate of drug-likeness (QED) is 0.773. The molecule has 0 aliphatic rings. The summed E-state index contributed by atoms with van der Waals surface area (Å²) in [7, 11) is 0. The van der Waals surface area contributed by atoms with E-state index in [9.17, 15) is 0 Å². The molecule has 16 heavy (non-hydrogen) atoms. The molecule has 2 aromatic heterocycles. The summed E-state index contributed by atoms with van der Waals surface area (Å²) < 4.78 is 2.03. The molecular formula is C11H16N4O. The van der Waals surface area contributed by atoms with Gasteiger partial charge in [-0.05, 0) is 26.2 Å². The fourth-order valence-electron chi connectivity index (χ4n) is 1.70. The van der Waals surface area contributed by atoms with Crippen LogP contribution in [0.15, 0.2) is 18.9 Å². The zero-order valence-electron chi connectivity index (χ0n) is 9.37. The fourth-order valence-corrected chi connectivity index (χ4v) is 1.70. The van der Waals surface area contributed by atoms with Gasteiger partial charge in [-0.15, -0.1) is 0 Å². The standard InChI is InChI=1S/C11H16N4O/c1-9(16)4-2-3-5-15-8-14-10-6-12-7-13-11(10)15/h6-9,16H,2-5H2,1H3. The SMILES string of the molecule is CC(O)CCCCn1cnc2cncnc21. The van der Waals surface area contributed by atoms with Crippen molar-refractivity contribution in [2.24, 2.45) is 0 Å². The van der Waals surface area contributed by atoms with Crippen molar-refractivity contribution in [3.63, 3.8) is 0 Å². The Balaban J connectivity index is 1.94. The lowest BCUT2D eigenvalue weighted by atomic mass is 10.2. The summed E-state index contributed by atoms with van der Waals surface area (Å²) in [5.41, 5.74) is 1.71. The van der Waals surface area contributed by atoms with Crippen LogP contribution in [0.1, 0.15) is 26.2 Å². The van der Waals surface area contributed by atoms with Crippen molar-refractivity contribution in [1.29, 1.82) is 0 Å². The zero-order chi connectivity index (χ0) is 11.4. The van der Waals surface area contributed by atoms with Crippen molar-refractivity contribution in [3.8, 4) is 0 Å². The van der Waals surface area contributed by atoms with E-state index in [2.05, 4.69) is 15.0 Å². The molecule has 5 heteroatoms. The van der Waals surface area contributed by atoms with Crippen molar-refractivity contribution in [1.82, 2.24) is 19.5 Å². The third-order valence-electron chi connectivity index (χ3n) is 2.55. The molecule has 1 N–H and O–H groups in total. The van der Waals surface area contributed by atoms with E-state index < -0.39 is 0 Å². The molecule has 0 aliphatic heterocycles. The molecule has 0 aromatic carbocycles. The topological polar surface area (TPSA) is 63.8 Å². The van der Waals surface area contributed by atoms with Crippen LogP contribution in [-0.4, -0.2) is 30.7 Å². The number of hydrogen-bond acceptors (Lipinski definition) is 4. The predicted molar refractivity (Wildman–Crippen MR) is 60.9 cm³/mol. The van der Waals surface area contributed by atoms with Gasteiger partial charge < -0.3 is 9.67 Å². The van der Waals surface area contributed by atoms with Crippen molar-refractivity contribution >= 4 is 11.2 Å². The zero-order valence-corrected chi connectivity index (χ0v) is 9.37. The fraction of sp³-hybridized carbons (Fsp3) is 0.545. The van der Waals surface area contributed by atoms with E-state index in [4.69, 9.17) is 5.11 Å². The summed E-state index contributed by atoms with van der Waals surface area (Å²) in [5, 5.41) is 9.14. The van der Waals surface area contributed by atoms with Gasteiger partial charge >= 0.3 is 0 Å². The van der Waals surface area contributed by atoms with Crippen molar-refractivity contribution in [3.05, 3.63) is 18.9 Å². The number of rotatable bonds is 5. The van der Waals surface area contributed by atoms with Crippen LogP contribution in [0, 0.1) is 0 Å². The van der Waals surface area contributed by atoms with Gasteiger partial charge in [0.05, 0.1) is 18.6 Å². The lowest BCUT2D eigenvalue weighted by Gasteiger charge is -2.05. The average molecular weight is 220 g/mol. The largest absolute Gasteiger partial charge is 0.393 e. The molecule has 0 bridgehead atoms. The van der Waals surface area contributed by atoms with Crippen LogP contribution in [0.5, 0.6) is 0 Å². The first kappa shape index (κ1) is 11.0. The van der Waals surface area contributed by atoms with E-state index in [1.54, 1.807) is 12.5 Å². The van der Waals surface area contributed by atoms with E-state index in [0.717, 1.165) is 37.0 Å². The summed E-state index contributed by atoms with van der Waals surface area (Å²) in [6.45, 7) is 2.71. The molecule has 1 atom stereocenters. The van der Waals surface area contributed by atoms with Crippen LogP contribution < -0.4 is 0 Å². The lowest BCUT2D eigenvalue weighted by molar-refractivity contribution is 0.180. The van der Waals surface area contributed by atoms with Gasteiger partial charge in [-0.3, -0.25) is 0 Å². The highest BCUT2D eigenvalue weighted by Crippen LogP contribution is 2.09. The molecule has 1 unspecified atom stereocenters. The second-order valence-corrected chi connectivity index (χ2v) is 4.01. The molecule has 86 valence electrons. The molecule has 0 saturated carbocycles. The molecule has 2 aromatic rings. The van der Waals surface area contributed by atoms with E-state index >= 15 is 0 Å². The molecule has 0 radical (unpaired) electrons. The Bertz CT molecular complexity index is 452. The average Bonchev–Trinajstić information content (AvgIpc) is 2.68. The highest BCUT2D eigenvalue weighted by molar-refractivity contribution is 5.68. The normalized spacial score (nSPS) is 13.1. The third kappa shape index (κ3) is 2.55. The highest BCUT2D eigenvalue weighted by Gasteiger charge is 2.03. The second kappa shape index (κ2) is 5.03. The maximum absolute atomic E-state index is 9.14. The minimum absolute atomic E-state index is 0.207. The molecule has 2 rings (SSSR count). The minimum Gasteiger partial charge on any atom is -0.393 e. The first-order chi connectivity index (χ1) is 7.77. The molecule has 2 heterocycles. The van der Waals surface area contributed by atoms with Gasteiger partial charge in [-0.25, -0.2) is 15.0 Å². The molecule has 0 aliphatic carbocycles. The number of aromatic nitrogens is 4. The van der Waals surface area contributed by atoms with Crippen molar-refractivity contribution in [2.75, 3.05) is 0 Å².